The molecule has 2 aromatic rings. The highest BCUT2D eigenvalue weighted by molar-refractivity contribution is 7.73. The number of nitrogens with one attached hydrogen (secondary N) is 1. The summed E-state index contributed by atoms with van der Waals surface area (Å²) in [5.41, 5.74) is 1.07. The summed E-state index contributed by atoms with van der Waals surface area (Å²) >= 11 is 6.96. The van der Waals surface area contributed by atoms with Crippen LogP contribution in [0.1, 0.15) is 13.3 Å². The first-order chi connectivity index (χ1) is 13.2. The molecule has 148 valence electrons. The van der Waals surface area contributed by atoms with Gasteiger partial charge in [-0.2, -0.15) is 0 Å². The smallest absolute Gasteiger partial charge is 0.204 e. The predicted molar refractivity (Wildman–Crippen MR) is 111 cm³/mol. The van der Waals surface area contributed by atoms with Gasteiger partial charge in [-0.15, -0.1) is 5.10 Å². The zero-order valence-electron chi connectivity index (χ0n) is 15.6. The first-order valence-electron chi connectivity index (χ1n) is 9.28. The van der Waals surface area contributed by atoms with E-state index in [9.17, 15) is 4.39 Å². The van der Waals surface area contributed by atoms with Gasteiger partial charge in [0.25, 0.3) is 0 Å². The van der Waals surface area contributed by atoms with Crippen molar-refractivity contribution < 1.29 is 9.13 Å². The SMILES string of the molecule is CCOCCCNc1nn(CN2CCN(c3ccc(F)cc3)CC2)c(=S)s1. The number of piperazine rings is 1. The molecular weight excluding hydrogens is 385 g/mol. The largest absolute Gasteiger partial charge is 0.382 e. The molecule has 0 aliphatic carbocycles. The van der Waals surface area contributed by atoms with Crippen LogP contribution in [0.5, 0.6) is 0 Å². The fourth-order valence-corrected chi connectivity index (χ4v) is 3.99. The lowest BCUT2D eigenvalue weighted by atomic mass is 10.2. The molecule has 1 aliphatic heterocycles. The van der Waals surface area contributed by atoms with E-state index >= 15 is 0 Å². The summed E-state index contributed by atoms with van der Waals surface area (Å²) in [6, 6.07) is 6.70. The second-order valence-corrected chi connectivity index (χ2v) is 8.00. The van der Waals surface area contributed by atoms with E-state index in [1.807, 2.05) is 23.7 Å². The van der Waals surface area contributed by atoms with E-state index in [4.69, 9.17) is 17.0 Å². The van der Waals surface area contributed by atoms with E-state index in [1.54, 1.807) is 0 Å². The second kappa shape index (κ2) is 10.1. The Hall–Kier alpha value is -1.55. The van der Waals surface area contributed by atoms with Gasteiger partial charge in [0.1, 0.15) is 5.82 Å². The number of hydrogen-bond donors (Lipinski definition) is 1. The fourth-order valence-electron chi connectivity index (χ4n) is 2.97. The quantitative estimate of drug-likeness (QED) is 0.504. The summed E-state index contributed by atoms with van der Waals surface area (Å²) in [6.07, 6.45) is 0.950. The van der Waals surface area contributed by atoms with Gasteiger partial charge in [0, 0.05) is 51.6 Å². The Kier molecular flexibility index (Phi) is 7.57. The molecule has 9 heteroatoms. The lowest BCUT2D eigenvalue weighted by molar-refractivity contribution is 0.147. The van der Waals surface area contributed by atoms with E-state index in [-0.39, 0.29) is 5.82 Å². The van der Waals surface area contributed by atoms with E-state index in [1.165, 1.54) is 23.5 Å². The van der Waals surface area contributed by atoms with Gasteiger partial charge in [0.05, 0.1) is 6.67 Å². The molecule has 0 radical (unpaired) electrons. The van der Waals surface area contributed by atoms with Crippen molar-refractivity contribution >= 4 is 34.4 Å². The Morgan fingerprint density at radius 2 is 1.96 bits per heavy atom. The van der Waals surface area contributed by atoms with Crippen LogP contribution in [0, 0.1) is 9.77 Å². The number of nitrogens with zero attached hydrogens (tertiary/aromatic N) is 4. The monoisotopic (exact) mass is 411 g/mol. The van der Waals surface area contributed by atoms with Crippen molar-refractivity contribution in [1.29, 1.82) is 0 Å². The van der Waals surface area contributed by atoms with E-state index in [0.717, 1.165) is 67.1 Å². The molecule has 0 bridgehead atoms. The molecule has 0 amide bonds. The summed E-state index contributed by atoms with van der Waals surface area (Å²) in [5.74, 6) is -0.197. The van der Waals surface area contributed by atoms with Crippen LogP contribution in [-0.4, -0.2) is 60.6 Å². The Morgan fingerprint density at radius 3 is 2.67 bits per heavy atom. The van der Waals surface area contributed by atoms with Gasteiger partial charge in [0.15, 0.2) is 3.95 Å². The lowest BCUT2D eigenvalue weighted by Gasteiger charge is -2.35. The fraction of sp³-hybridized carbons (Fsp3) is 0.556. The molecule has 1 saturated heterocycles. The van der Waals surface area contributed by atoms with Gasteiger partial charge in [-0.1, -0.05) is 11.3 Å². The predicted octanol–water partition coefficient (Wildman–Crippen LogP) is 3.43. The molecule has 0 saturated carbocycles. The van der Waals surface area contributed by atoms with Crippen LogP contribution < -0.4 is 10.2 Å². The number of halogens is 1. The standard InChI is InChI=1S/C18H26FN5OS2/c1-2-25-13-3-8-20-17-21-24(18(26)27-17)14-22-9-11-23(12-10-22)16-6-4-15(19)5-7-16/h4-7H,2-3,8-14H2,1H3,(H,20,21). The first kappa shape index (κ1) is 20.2. The van der Waals surface area contributed by atoms with Crippen molar-refractivity contribution in [3.63, 3.8) is 0 Å². The first-order valence-corrected chi connectivity index (χ1v) is 10.5. The number of anilines is 2. The third-order valence-corrected chi connectivity index (χ3v) is 5.72. The van der Waals surface area contributed by atoms with Crippen molar-refractivity contribution in [2.24, 2.45) is 0 Å². The summed E-state index contributed by atoms with van der Waals surface area (Å²) in [7, 11) is 0. The molecule has 1 fully saturated rings. The third kappa shape index (κ3) is 5.97. The van der Waals surface area contributed by atoms with Gasteiger partial charge in [0.2, 0.25) is 5.13 Å². The van der Waals surface area contributed by atoms with Crippen LogP contribution in [0.2, 0.25) is 0 Å². The second-order valence-electron chi connectivity index (χ2n) is 6.37. The number of ether oxygens (including phenoxy) is 1. The summed E-state index contributed by atoms with van der Waals surface area (Å²) in [5, 5.41) is 8.77. The van der Waals surface area contributed by atoms with Crippen LogP contribution in [0.25, 0.3) is 0 Å². The van der Waals surface area contributed by atoms with Crippen molar-refractivity contribution in [3.05, 3.63) is 34.0 Å². The zero-order valence-corrected chi connectivity index (χ0v) is 17.2. The maximum absolute atomic E-state index is 13.1. The van der Waals surface area contributed by atoms with Crippen LogP contribution in [0.15, 0.2) is 24.3 Å². The van der Waals surface area contributed by atoms with Crippen molar-refractivity contribution in [2.45, 2.75) is 20.0 Å². The highest BCUT2D eigenvalue weighted by atomic mass is 32.1. The maximum atomic E-state index is 13.1. The minimum Gasteiger partial charge on any atom is -0.382 e. The highest BCUT2D eigenvalue weighted by Crippen LogP contribution is 2.18. The molecule has 1 N–H and O–H groups in total. The number of benzene rings is 1. The number of hydrogen-bond acceptors (Lipinski definition) is 7. The van der Waals surface area contributed by atoms with Crippen LogP contribution in [0.4, 0.5) is 15.2 Å². The van der Waals surface area contributed by atoms with Crippen molar-refractivity contribution in [2.75, 3.05) is 56.2 Å². The topological polar surface area (TPSA) is 45.6 Å². The molecule has 0 atom stereocenters. The molecule has 1 aromatic heterocycles. The number of aromatic nitrogens is 2. The van der Waals surface area contributed by atoms with Crippen LogP contribution in [0.3, 0.4) is 0 Å². The zero-order chi connectivity index (χ0) is 19.1. The van der Waals surface area contributed by atoms with Crippen LogP contribution >= 0.6 is 23.6 Å². The molecule has 6 nitrogen and oxygen atoms in total. The molecule has 0 unspecified atom stereocenters. The molecule has 1 aromatic carbocycles. The van der Waals surface area contributed by atoms with Gasteiger partial charge in [-0.3, -0.25) is 4.90 Å². The maximum Gasteiger partial charge on any atom is 0.204 e. The average Bonchev–Trinajstić information content (AvgIpc) is 3.02. The summed E-state index contributed by atoms with van der Waals surface area (Å²) in [6.45, 7) is 8.71. The summed E-state index contributed by atoms with van der Waals surface area (Å²) < 4.78 is 21.1. The minimum atomic E-state index is -0.197. The Labute approximate surface area is 168 Å². The van der Waals surface area contributed by atoms with E-state index in [2.05, 4.69) is 20.2 Å². The van der Waals surface area contributed by atoms with Gasteiger partial charge in [-0.25, -0.2) is 9.07 Å². The Balaban J connectivity index is 1.46. The van der Waals surface area contributed by atoms with E-state index < -0.39 is 0 Å². The third-order valence-electron chi connectivity index (χ3n) is 4.45. The van der Waals surface area contributed by atoms with Crippen molar-refractivity contribution in [1.82, 2.24) is 14.7 Å². The molecule has 2 heterocycles. The summed E-state index contributed by atoms with van der Waals surface area (Å²) in [4.78, 5) is 4.62. The molecule has 1 aliphatic rings. The minimum absolute atomic E-state index is 0.197. The van der Waals surface area contributed by atoms with Crippen molar-refractivity contribution in [3.8, 4) is 0 Å². The lowest BCUT2D eigenvalue weighted by Crippen LogP contribution is -2.46. The highest BCUT2D eigenvalue weighted by Gasteiger charge is 2.18. The molecule has 27 heavy (non-hydrogen) atoms. The van der Waals surface area contributed by atoms with E-state index in [0.29, 0.717) is 6.67 Å². The number of rotatable bonds is 9. The molecule has 3 rings (SSSR count). The van der Waals surface area contributed by atoms with Gasteiger partial charge >= 0.3 is 0 Å². The Bertz CT molecular complexity index is 756. The molecular formula is C18H26FN5OS2. The molecule has 0 spiro atoms. The normalized spacial score (nSPS) is 15.3. The van der Waals surface area contributed by atoms with Crippen LogP contribution in [-0.2, 0) is 11.4 Å². The Morgan fingerprint density at radius 1 is 1.22 bits per heavy atom. The van der Waals surface area contributed by atoms with Gasteiger partial charge < -0.3 is 15.0 Å². The average molecular weight is 412 g/mol. The van der Waals surface area contributed by atoms with Gasteiger partial charge in [-0.05, 0) is 49.8 Å².